The topological polar surface area (TPSA) is 54.0 Å². The van der Waals surface area contributed by atoms with E-state index in [0.717, 1.165) is 23.4 Å². The Morgan fingerprint density at radius 2 is 2.00 bits per heavy atom. The summed E-state index contributed by atoms with van der Waals surface area (Å²) in [6, 6.07) is 9.47. The summed E-state index contributed by atoms with van der Waals surface area (Å²) in [6.45, 7) is 2.46. The maximum atomic E-state index is 12.2. The van der Waals surface area contributed by atoms with Crippen LogP contribution in [0.5, 0.6) is 0 Å². The van der Waals surface area contributed by atoms with Gasteiger partial charge in [0, 0.05) is 30.5 Å². The Morgan fingerprint density at radius 1 is 1.29 bits per heavy atom. The molecule has 0 aliphatic rings. The Morgan fingerprint density at radius 3 is 2.67 bits per heavy atom. The van der Waals surface area contributed by atoms with E-state index in [9.17, 15) is 4.79 Å². The maximum absolute atomic E-state index is 12.2. The van der Waals surface area contributed by atoms with E-state index in [2.05, 4.69) is 15.6 Å². The first-order chi connectivity index (χ1) is 10.1. The van der Waals surface area contributed by atoms with E-state index in [4.69, 9.17) is 11.6 Å². The van der Waals surface area contributed by atoms with Crippen molar-refractivity contribution in [1.29, 1.82) is 0 Å². The molecule has 0 unspecified atom stereocenters. The average Bonchev–Trinajstić information content (AvgIpc) is 2.49. The fraction of sp³-hybridized carbons (Fsp3) is 0.250. The molecule has 0 aliphatic carbocycles. The number of carbonyl (C=O) groups excluding carboxylic acids is 1. The van der Waals surface area contributed by atoms with Crippen LogP contribution in [0.3, 0.4) is 0 Å². The highest BCUT2D eigenvalue weighted by Crippen LogP contribution is 2.15. The number of aryl methyl sites for hydroxylation is 1. The molecule has 110 valence electrons. The molecular weight excluding hydrogens is 286 g/mol. The molecule has 0 radical (unpaired) electrons. The first-order valence-corrected chi connectivity index (χ1v) is 7.15. The molecule has 1 amide bonds. The molecule has 1 aromatic carbocycles. The lowest BCUT2D eigenvalue weighted by Crippen LogP contribution is -2.26. The summed E-state index contributed by atoms with van der Waals surface area (Å²) in [6.07, 6.45) is 2.36. The summed E-state index contributed by atoms with van der Waals surface area (Å²) >= 11 is 5.84. The molecule has 1 heterocycles. The Balaban J connectivity index is 1.94. The van der Waals surface area contributed by atoms with E-state index in [1.807, 2.05) is 37.3 Å². The molecule has 2 aromatic rings. The Hall–Kier alpha value is -2.07. The van der Waals surface area contributed by atoms with Crippen molar-refractivity contribution in [3.05, 3.63) is 58.4 Å². The van der Waals surface area contributed by atoms with Crippen molar-refractivity contribution in [2.45, 2.75) is 13.3 Å². The van der Waals surface area contributed by atoms with Crippen molar-refractivity contribution >= 4 is 23.2 Å². The molecule has 21 heavy (non-hydrogen) atoms. The second-order valence-electron chi connectivity index (χ2n) is 4.75. The third kappa shape index (κ3) is 4.20. The molecule has 5 heteroatoms. The van der Waals surface area contributed by atoms with Crippen molar-refractivity contribution in [2.24, 2.45) is 0 Å². The summed E-state index contributed by atoms with van der Waals surface area (Å²) in [5, 5.41) is 6.64. The highest BCUT2D eigenvalue weighted by atomic mass is 35.5. The van der Waals surface area contributed by atoms with Gasteiger partial charge in [0.15, 0.2) is 0 Å². The molecule has 0 saturated heterocycles. The average molecular weight is 304 g/mol. The molecule has 4 nitrogen and oxygen atoms in total. The van der Waals surface area contributed by atoms with E-state index in [0.29, 0.717) is 17.1 Å². The van der Waals surface area contributed by atoms with Gasteiger partial charge in [-0.25, -0.2) is 0 Å². The number of pyridine rings is 1. The lowest BCUT2D eigenvalue weighted by molar-refractivity contribution is 0.0954. The van der Waals surface area contributed by atoms with Gasteiger partial charge < -0.3 is 10.6 Å². The van der Waals surface area contributed by atoms with Crippen LogP contribution in [-0.2, 0) is 6.42 Å². The van der Waals surface area contributed by atoms with Crippen LogP contribution in [0.25, 0.3) is 0 Å². The maximum Gasteiger partial charge on any atom is 0.254 e. The monoisotopic (exact) mass is 303 g/mol. The van der Waals surface area contributed by atoms with Gasteiger partial charge in [-0.2, -0.15) is 0 Å². The molecule has 2 rings (SSSR count). The summed E-state index contributed by atoms with van der Waals surface area (Å²) in [4.78, 5) is 16.3. The number of carbonyl (C=O) groups is 1. The predicted octanol–water partition coefficient (Wildman–Crippen LogP) is 3.06. The molecule has 1 aromatic heterocycles. The van der Waals surface area contributed by atoms with E-state index in [-0.39, 0.29) is 5.91 Å². The van der Waals surface area contributed by atoms with Gasteiger partial charge >= 0.3 is 0 Å². The van der Waals surface area contributed by atoms with Crippen LogP contribution in [0, 0.1) is 6.92 Å². The van der Waals surface area contributed by atoms with Gasteiger partial charge in [0.05, 0.1) is 11.3 Å². The molecule has 0 spiro atoms. The van der Waals surface area contributed by atoms with Crippen LogP contribution in [0.15, 0.2) is 36.5 Å². The van der Waals surface area contributed by atoms with E-state index < -0.39 is 0 Å². The van der Waals surface area contributed by atoms with Gasteiger partial charge in [-0.05, 0) is 37.1 Å². The van der Waals surface area contributed by atoms with Crippen LogP contribution in [-0.4, -0.2) is 24.5 Å². The number of nitrogens with one attached hydrogen (secondary N) is 2. The van der Waals surface area contributed by atoms with Crippen LogP contribution in [0.1, 0.15) is 21.6 Å². The smallest absolute Gasteiger partial charge is 0.254 e. The van der Waals surface area contributed by atoms with Crippen LogP contribution >= 0.6 is 11.6 Å². The largest absolute Gasteiger partial charge is 0.387 e. The SMILES string of the molecule is CNc1cc(C)ncc1C(=O)NCCc1ccc(Cl)cc1. The number of nitrogens with zero attached hydrogens (tertiary/aromatic N) is 1. The fourth-order valence-corrected chi connectivity index (χ4v) is 2.14. The minimum absolute atomic E-state index is 0.124. The lowest BCUT2D eigenvalue weighted by atomic mass is 10.1. The van der Waals surface area contributed by atoms with Gasteiger partial charge in [-0.3, -0.25) is 9.78 Å². The molecule has 0 fully saturated rings. The van der Waals surface area contributed by atoms with Crippen molar-refractivity contribution in [3.8, 4) is 0 Å². The molecule has 2 N–H and O–H groups in total. The summed E-state index contributed by atoms with van der Waals surface area (Å²) in [7, 11) is 1.79. The van der Waals surface area contributed by atoms with E-state index in [1.165, 1.54) is 0 Å². The summed E-state index contributed by atoms with van der Waals surface area (Å²) in [5.41, 5.74) is 3.35. The molecule has 0 aliphatic heterocycles. The second kappa shape index (κ2) is 7.09. The van der Waals surface area contributed by atoms with Crippen LogP contribution in [0.4, 0.5) is 5.69 Å². The number of aromatic nitrogens is 1. The third-order valence-corrected chi connectivity index (χ3v) is 3.42. The number of hydrogen-bond acceptors (Lipinski definition) is 3. The predicted molar refractivity (Wildman–Crippen MR) is 86.0 cm³/mol. The molecular formula is C16H18ClN3O. The molecule has 0 bridgehead atoms. The Bertz CT molecular complexity index is 626. The van der Waals surface area contributed by atoms with Gasteiger partial charge in [0.2, 0.25) is 0 Å². The number of hydrogen-bond donors (Lipinski definition) is 2. The van der Waals surface area contributed by atoms with Gasteiger partial charge in [-0.1, -0.05) is 23.7 Å². The summed E-state index contributed by atoms with van der Waals surface area (Å²) < 4.78 is 0. The number of amides is 1. The van der Waals surface area contributed by atoms with E-state index in [1.54, 1.807) is 13.2 Å². The van der Waals surface area contributed by atoms with Crippen molar-refractivity contribution in [3.63, 3.8) is 0 Å². The van der Waals surface area contributed by atoms with Crippen molar-refractivity contribution < 1.29 is 4.79 Å². The molecule has 0 atom stereocenters. The normalized spacial score (nSPS) is 10.2. The third-order valence-electron chi connectivity index (χ3n) is 3.17. The highest BCUT2D eigenvalue weighted by Gasteiger charge is 2.11. The Kier molecular flexibility index (Phi) is 5.17. The van der Waals surface area contributed by atoms with Crippen LogP contribution < -0.4 is 10.6 Å². The number of rotatable bonds is 5. The standard InChI is InChI=1S/C16H18ClN3O/c1-11-9-15(18-2)14(10-20-11)16(21)19-8-7-12-3-5-13(17)6-4-12/h3-6,9-10H,7-8H2,1-2H3,(H,18,20)(H,19,21). The van der Waals surface area contributed by atoms with Gasteiger partial charge in [0.1, 0.15) is 0 Å². The number of benzene rings is 1. The Labute approximate surface area is 129 Å². The highest BCUT2D eigenvalue weighted by molar-refractivity contribution is 6.30. The lowest BCUT2D eigenvalue weighted by Gasteiger charge is -2.10. The minimum Gasteiger partial charge on any atom is -0.387 e. The zero-order valence-electron chi connectivity index (χ0n) is 12.1. The summed E-state index contributed by atoms with van der Waals surface area (Å²) in [5.74, 6) is -0.124. The molecule has 0 saturated carbocycles. The van der Waals surface area contributed by atoms with E-state index >= 15 is 0 Å². The fourth-order valence-electron chi connectivity index (χ4n) is 2.01. The minimum atomic E-state index is -0.124. The first-order valence-electron chi connectivity index (χ1n) is 6.77. The van der Waals surface area contributed by atoms with Gasteiger partial charge in [0.25, 0.3) is 5.91 Å². The first kappa shape index (κ1) is 15.3. The van der Waals surface area contributed by atoms with Crippen molar-refractivity contribution in [1.82, 2.24) is 10.3 Å². The van der Waals surface area contributed by atoms with Crippen molar-refractivity contribution in [2.75, 3.05) is 18.9 Å². The zero-order valence-corrected chi connectivity index (χ0v) is 12.9. The second-order valence-corrected chi connectivity index (χ2v) is 5.19. The zero-order chi connectivity index (χ0) is 15.2. The quantitative estimate of drug-likeness (QED) is 0.892. The number of anilines is 1. The number of halogens is 1. The van der Waals surface area contributed by atoms with Crippen LogP contribution in [0.2, 0.25) is 5.02 Å². The van der Waals surface area contributed by atoms with Gasteiger partial charge in [-0.15, -0.1) is 0 Å².